The smallest absolute Gasteiger partial charge is 0.410 e. The van der Waals surface area contributed by atoms with Crippen molar-refractivity contribution >= 4 is 55.6 Å². The van der Waals surface area contributed by atoms with Crippen LogP contribution in [-0.2, 0) is 14.8 Å². The van der Waals surface area contributed by atoms with Gasteiger partial charge in [-0.2, -0.15) is 0 Å². The van der Waals surface area contributed by atoms with Gasteiger partial charge in [0.2, 0.25) is 0 Å². The van der Waals surface area contributed by atoms with E-state index in [0.717, 1.165) is 3.57 Å². The third kappa shape index (κ3) is 4.59. The number of hydrogen-bond donors (Lipinski definition) is 0. The Morgan fingerprint density at radius 3 is 2.53 bits per heavy atom. The Labute approximate surface area is 213 Å². The van der Waals surface area contributed by atoms with Gasteiger partial charge in [-0.25, -0.2) is 27.2 Å². The van der Waals surface area contributed by atoms with Crippen molar-refractivity contribution in [3.63, 3.8) is 0 Å². The van der Waals surface area contributed by atoms with Gasteiger partial charge in [0.05, 0.1) is 10.3 Å². The van der Waals surface area contributed by atoms with Crippen molar-refractivity contribution < 1.29 is 17.9 Å². The molecule has 1 atom stereocenters. The first kappa shape index (κ1) is 24.7. The van der Waals surface area contributed by atoms with Crippen LogP contribution in [0.5, 0.6) is 0 Å². The van der Waals surface area contributed by atoms with E-state index in [1.165, 1.54) is 10.3 Å². The molecule has 0 saturated carbocycles. The second-order valence-electron chi connectivity index (χ2n) is 9.41. The second kappa shape index (κ2) is 8.99. The van der Waals surface area contributed by atoms with E-state index in [1.807, 2.05) is 33.8 Å². The summed E-state index contributed by atoms with van der Waals surface area (Å²) in [6.45, 7) is 10.8. The standard InChI is InChI=1S/C23H28IN5O4S/c1-15-8-6-7-9-18(15)34(31,32)29-13-17(24)19-20(25-14-26-21(19)29)28-11-10-27(12-16(28)2)22(30)33-23(3,4)5/h6-9,13-14,16H,10-12H2,1-5H3. The van der Waals surface area contributed by atoms with E-state index in [9.17, 15) is 13.2 Å². The maximum atomic E-state index is 13.5. The summed E-state index contributed by atoms with van der Waals surface area (Å²) in [5, 5.41) is 0.679. The van der Waals surface area contributed by atoms with Crippen LogP contribution >= 0.6 is 22.6 Å². The minimum absolute atomic E-state index is 0.0495. The van der Waals surface area contributed by atoms with Crippen LogP contribution in [-0.4, -0.2) is 64.6 Å². The predicted molar refractivity (Wildman–Crippen MR) is 139 cm³/mol. The molecule has 1 amide bonds. The first-order valence-corrected chi connectivity index (χ1v) is 13.5. The van der Waals surface area contributed by atoms with Crippen molar-refractivity contribution in [3.05, 3.63) is 45.9 Å². The number of amides is 1. The highest BCUT2D eigenvalue weighted by Gasteiger charge is 2.33. The first-order valence-electron chi connectivity index (χ1n) is 11.0. The van der Waals surface area contributed by atoms with Gasteiger partial charge in [-0.3, -0.25) is 0 Å². The lowest BCUT2D eigenvalue weighted by molar-refractivity contribution is 0.0218. The fourth-order valence-corrected chi connectivity index (χ4v) is 6.59. The Balaban J connectivity index is 1.69. The van der Waals surface area contributed by atoms with Gasteiger partial charge in [0, 0.05) is 35.4 Å². The molecule has 3 heterocycles. The minimum atomic E-state index is -3.84. The zero-order valence-corrected chi connectivity index (χ0v) is 22.8. The first-order chi connectivity index (χ1) is 15.9. The number of halogens is 1. The van der Waals surface area contributed by atoms with Gasteiger partial charge in [-0.1, -0.05) is 18.2 Å². The van der Waals surface area contributed by atoms with Crippen molar-refractivity contribution in [3.8, 4) is 0 Å². The average Bonchev–Trinajstić information content (AvgIpc) is 3.10. The van der Waals surface area contributed by atoms with Gasteiger partial charge >= 0.3 is 6.09 Å². The number of nitrogens with zero attached hydrogens (tertiary/aromatic N) is 5. The molecule has 0 spiro atoms. The van der Waals surface area contributed by atoms with Crippen molar-refractivity contribution in [2.24, 2.45) is 0 Å². The summed E-state index contributed by atoms with van der Waals surface area (Å²) in [5.74, 6) is 0.657. The summed E-state index contributed by atoms with van der Waals surface area (Å²) in [5.41, 5.74) is 0.442. The number of benzene rings is 1. The van der Waals surface area contributed by atoms with E-state index < -0.39 is 15.6 Å². The van der Waals surface area contributed by atoms with Crippen LogP contribution in [0, 0.1) is 10.5 Å². The van der Waals surface area contributed by atoms with Gasteiger partial charge in [-0.05, 0) is 68.8 Å². The summed E-state index contributed by atoms with van der Waals surface area (Å²) in [6.07, 6.45) is 2.65. The number of carbonyl (C=O) groups is 1. The Morgan fingerprint density at radius 1 is 1.18 bits per heavy atom. The molecule has 0 bridgehead atoms. The van der Waals surface area contributed by atoms with Gasteiger partial charge < -0.3 is 14.5 Å². The molecule has 2 aromatic heterocycles. The number of aryl methyl sites for hydroxylation is 1. The van der Waals surface area contributed by atoms with E-state index >= 15 is 0 Å². The third-order valence-electron chi connectivity index (χ3n) is 5.67. The average molecular weight is 597 g/mol. The van der Waals surface area contributed by atoms with Crippen molar-refractivity contribution in [2.45, 2.75) is 51.2 Å². The Morgan fingerprint density at radius 2 is 1.88 bits per heavy atom. The SMILES string of the molecule is Cc1ccccc1S(=O)(=O)n1cc(I)c2c(N3CCN(C(=O)OC(C)(C)C)CC3C)ncnc21. The Bertz CT molecular complexity index is 1350. The molecule has 1 unspecified atom stereocenters. The number of hydrogen-bond acceptors (Lipinski definition) is 7. The van der Waals surface area contributed by atoms with E-state index in [0.29, 0.717) is 42.0 Å². The maximum absolute atomic E-state index is 13.5. The molecule has 1 aromatic carbocycles. The summed E-state index contributed by atoms with van der Waals surface area (Å²) >= 11 is 2.13. The van der Waals surface area contributed by atoms with Crippen LogP contribution < -0.4 is 4.90 Å². The number of rotatable bonds is 3. The van der Waals surface area contributed by atoms with E-state index in [2.05, 4.69) is 37.5 Å². The molecule has 1 fully saturated rings. The lowest BCUT2D eigenvalue weighted by Crippen LogP contribution is -2.54. The zero-order chi connectivity index (χ0) is 24.8. The van der Waals surface area contributed by atoms with Crippen LogP contribution in [0.2, 0.25) is 0 Å². The Kier molecular flexibility index (Phi) is 6.53. The van der Waals surface area contributed by atoms with Gasteiger partial charge in [0.25, 0.3) is 10.0 Å². The summed E-state index contributed by atoms with van der Waals surface area (Å²) in [4.78, 5) is 25.4. The summed E-state index contributed by atoms with van der Waals surface area (Å²) < 4.78 is 34.5. The monoisotopic (exact) mass is 597 g/mol. The molecular weight excluding hydrogens is 569 g/mol. The highest BCUT2D eigenvalue weighted by atomic mass is 127. The normalized spacial score (nSPS) is 17.3. The van der Waals surface area contributed by atoms with Crippen molar-refractivity contribution in [1.29, 1.82) is 0 Å². The van der Waals surface area contributed by atoms with Gasteiger partial charge in [-0.15, -0.1) is 0 Å². The van der Waals surface area contributed by atoms with Crippen LogP contribution in [0.4, 0.5) is 10.6 Å². The van der Waals surface area contributed by atoms with E-state index in [-0.39, 0.29) is 17.0 Å². The summed E-state index contributed by atoms with van der Waals surface area (Å²) in [6, 6.07) is 6.85. The highest BCUT2D eigenvalue weighted by Crippen LogP contribution is 2.33. The molecule has 0 aliphatic carbocycles. The molecule has 3 aromatic rings. The number of anilines is 1. The third-order valence-corrected chi connectivity index (χ3v) is 8.30. The maximum Gasteiger partial charge on any atom is 0.410 e. The van der Waals surface area contributed by atoms with Crippen LogP contribution in [0.25, 0.3) is 11.0 Å². The minimum Gasteiger partial charge on any atom is -0.444 e. The molecule has 1 aliphatic rings. The fraction of sp³-hybridized carbons (Fsp3) is 0.435. The van der Waals surface area contributed by atoms with E-state index in [1.54, 1.807) is 36.2 Å². The van der Waals surface area contributed by atoms with Crippen LogP contribution in [0.3, 0.4) is 0 Å². The van der Waals surface area contributed by atoms with E-state index in [4.69, 9.17) is 4.74 Å². The molecule has 1 saturated heterocycles. The quantitative estimate of drug-likeness (QED) is 0.421. The number of aromatic nitrogens is 3. The molecule has 34 heavy (non-hydrogen) atoms. The second-order valence-corrected chi connectivity index (χ2v) is 12.4. The van der Waals surface area contributed by atoms with Crippen LogP contribution in [0.1, 0.15) is 33.3 Å². The molecule has 4 rings (SSSR count). The summed E-state index contributed by atoms with van der Waals surface area (Å²) in [7, 11) is -3.84. The van der Waals surface area contributed by atoms with Crippen molar-refractivity contribution in [1.82, 2.24) is 18.8 Å². The van der Waals surface area contributed by atoms with Crippen LogP contribution in [0.15, 0.2) is 41.7 Å². The highest BCUT2D eigenvalue weighted by molar-refractivity contribution is 14.1. The fourth-order valence-electron chi connectivity index (χ4n) is 4.09. The number of carbonyl (C=O) groups excluding carboxylic acids is 1. The molecule has 182 valence electrons. The number of fused-ring (bicyclic) bond motifs is 1. The molecule has 0 N–H and O–H groups in total. The van der Waals surface area contributed by atoms with Gasteiger partial charge in [0.15, 0.2) is 5.65 Å². The lowest BCUT2D eigenvalue weighted by atomic mass is 10.1. The predicted octanol–water partition coefficient (Wildman–Crippen LogP) is 4.03. The van der Waals surface area contributed by atoms with Gasteiger partial charge in [0.1, 0.15) is 17.7 Å². The topological polar surface area (TPSA) is 97.6 Å². The molecule has 1 aliphatic heterocycles. The zero-order valence-electron chi connectivity index (χ0n) is 19.8. The van der Waals surface area contributed by atoms with Crippen molar-refractivity contribution in [2.75, 3.05) is 24.5 Å². The number of ether oxygens (including phenoxy) is 1. The molecular formula is C23H28IN5O4S. The molecule has 0 radical (unpaired) electrons. The molecule has 9 nitrogen and oxygen atoms in total. The lowest BCUT2D eigenvalue weighted by Gasteiger charge is -2.41. The Hall–Kier alpha value is -2.41. The number of piperazine rings is 1. The molecule has 11 heteroatoms. The largest absolute Gasteiger partial charge is 0.444 e.